The molecule has 0 aromatic carbocycles. The highest BCUT2D eigenvalue weighted by Gasteiger charge is 2.19. The summed E-state index contributed by atoms with van der Waals surface area (Å²) in [6.07, 6.45) is 3.94. The zero-order chi connectivity index (χ0) is 20.8. The van der Waals surface area contributed by atoms with Crippen molar-refractivity contribution < 1.29 is 38.4 Å². The summed E-state index contributed by atoms with van der Waals surface area (Å²) in [7, 11) is 4.65. The predicted molar refractivity (Wildman–Crippen MR) is 97.0 cm³/mol. The molecule has 0 radical (unpaired) electrons. The van der Waals surface area contributed by atoms with Crippen LogP contribution in [0.25, 0.3) is 0 Å². The van der Waals surface area contributed by atoms with Gasteiger partial charge in [-0.15, -0.1) is 0 Å². The molecule has 9 nitrogen and oxygen atoms in total. The van der Waals surface area contributed by atoms with E-state index in [0.29, 0.717) is 12.2 Å². The number of carboxylic acid groups (broad SMARTS) is 2. The number of hydrogen-bond donors (Lipinski definition) is 3. The van der Waals surface area contributed by atoms with Gasteiger partial charge in [-0.05, 0) is 25.9 Å². The zero-order valence-corrected chi connectivity index (χ0v) is 17.1. The average molecular weight is 387 g/mol. The molecule has 0 rings (SSSR count). The maximum atomic E-state index is 10.7. The fraction of sp³-hybridized carbons (Fsp3) is 0.800. The van der Waals surface area contributed by atoms with E-state index >= 15 is 0 Å². The maximum absolute atomic E-state index is 10.7. The number of aliphatic hydroxyl groups is 1. The lowest BCUT2D eigenvalue weighted by Gasteiger charge is -2.30. The molecule has 0 spiro atoms. The molecule has 0 aromatic rings. The van der Waals surface area contributed by atoms with Crippen LogP contribution >= 0.6 is 10.3 Å². The van der Waals surface area contributed by atoms with E-state index in [1.165, 1.54) is 6.92 Å². The Hall–Kier alpha value is -1.36. The Morgan fingerprint density at radius 1 is 1.20 bits per heavy atom. The van der Waals surface area contributed by atoms with E-state index in [1.807, 2.05) is 12.5 Å². The van der Waals surface area contributed by atoms with Crippen LogP contribution in [0.2, 0.25) is 0 Å². The van der Waals surface area contributed by atoms with Crippen molar-refractivity contribution in [3.8, 4) is 0 Å². The minimum absolute atomic E-state index is 0.281. The summed E-state index contributed by atoms with van der Waals surface area (Å²) in [4.78, 5) is 30.0. The number of carbonyl (C=O) groups excluding carboxylic acids is 2. The van der Waals surface area contributed by atoms with Gasteiger partial charge in [-0.3, -0.25) is 9.59 Å². The fourth-order valence-electron chi connectivity index (χ4n) is 1.19. The van der Waals surface area contributed by atoms with Crippen molar-refractivity contribution in [2.75, 3.05) is 52.6 Å². The van der Waals surface area contributed by atoms with Crippen LogP contribution in [-0.4, -0.2) is 91.2 Å². The number of aliphatic carboxylic acids is 2. The zero-order valence-electron chi connectivity index (χ0n) is 16.3. The molecule has 0 aliphatic heterocycles. The molecule has 0 unspecified atom stereocenters. The van der Waals surface area contributed by atoms with Crippen LogP contribution in [-0.2, 0) is 18.6 Å². The van der Waals surface area contributed by atoms with Gasteiger partial charge in [0, 0.05) is 18.6 Å². The van der Waals surface area contributed by atoms with Crippen LogP contribution < -0.4 is 10.8 Å². The van der Waals surface area contributed by atoms with Crippen LogP contribution in [0.3, 0.4) is 0 Å². The van der Waals surface area contributed by atoms with Gasteiger partial charge in [0.1, 0.15) is 12.6 Å². The number of aliphatic hydroxyl groups excluding tert-OH is 1. The Morgan fingerprint density at radius 3 is 1.80 bits per heavy atom. The summed E-state index contributed by atoms with van der Waals surface area (Å²) in [6, 6.07) is -0.877. The molecule has 0 fully saturated rings. The third kappa shape index (κ3) is 31.0. The maximum Gasteiger partial charge on any atom is 0.320 e. The van der Waals surface area contributed by atoms with Gasteiger partial charge in [0.25, 0.3) is 0 Å². The number of carbonyl (C=O) groups is 3. The molecule has 1 atom stereocenters. The van der Waals surface area contributed by atoms with Crippen molar-refractivity contribution in [1.29, 1.82) is 0 Å². The van der Waals surface area contributed by atoms with Crippen LogP contribution in [0.15, 0.2) is 0 Å². The SMILES string of the molecule is CC(=O)OS(C)(C)CC[C@H](N)C(=O)O.CC(=O)[O-].C[N+](C)(C)CCO. The van der Waals surface area contributed by atoms with E-state index in [1.54, 1.807) is 0 Å². The Labute approximate surface area is 151 Å². The van der Waals surface area contributed by atoms with Gasteiger partial charge in [-0.25, -0.2) is 0 Å². The number of nitrogens with two attached hydrogens (primary N) is 1. The molecule has 4 N–H and O–H groups in total. The standard InChI is InChI=1S/C8H17NO4S.C5H14NO.C2H4O2/c1-6(10)13-14(2,3)5-4-7(9)8(11)12;1-6(2,3)4-5-7;1-2(3)4/h7H,4-5,9H2,1-3H3,(H,11,12);7H,4-5H2,1-3H3;1H3,(H,3,4)/q;+1;/p-1/t7-;;/m0../s1. The van der Waals surface area contributed by atoms with Crippen molar-refractivity contribution in [2.45, 2.75) is 26.3 Å². The highest BCUT2D eigenvalue weighted by atomic mass is 32.3. The molecular weight excluding hydrogens is 352 g/mol. The third-order valence-electron chi connectivity index (χ3n) is 2.35. The van der Waals surface area contributed by atoms with Gasteiger partial charge < -0.3 is 34.5 Å². The van der Waals surface area contributed by atoms with Crippen LogP contribution in [0.4, 0.5) is 0 Å². The first-order chi connectivity index (χ1) is 11.0. The normalized spacial score (nSPS) is 12.5. The number of nitrogens with zero attached hydrogens (tertiary/aromatic N) is 1. The lowest BCUT2D eigenvalue weighted by Crippen LogP contribution is -2.36. The van der Waals surface area contributed by atoms with E-state index in [4.69, 9.17) is 30.0 Å². The van der Waals surface area contributed by atoms with E-state index in [0.717, 1.165) is 18.0 Å². The minimum atomic E-state index is -1.50. The molecule has 0 aromatic heterocycles. The van der Waals surface area contributed by atoms with E-state index in [2.05, 4.69) is 21.1 Å². The molecular formula is C15H34N2O7S. The molecule has 0 amide bonds. The molecule has 152 valence electrons. The molecule has 0 saturated carbocycles. The smallest absolute Gasteiger partial charge is 0.320 e. The number of carboxylic acids is 2. The number of hydrogen-bond acceptors (Lipinski definition) is 7. The molecule has 0 saturated heterocycles. The summed E-state index contributed by atoms with van der Waals surface area (Å²) >= 11 is 0. The van der Waals surface area contributed by atoms with E-state index in [-0.39, 0.29) is 12.6 Å². The van der Waals surface area contributed by atoms with Gasteiger partial charge in [0.15, 0.2) is 0 Å². The summed E-state index contributed by atoms with van der Waals surface area (Å²) in [5.74, 6) is -1.93. The Balaban J connectivity index is -0.000000365. The van der Waals surface area contributed by atoms with Gasteiger partial charge in [-0.2, -0.15) is 0 Å². The monoisotopic (exact) mass is 386 g/mol. The van der Waals surface area contributed by atoms with Crippen molar-refractivity contribution in [3.05, 3.63) is 0 Å². The Morgan fingerprint density at radius 2 is 1.60 bits per heavy atom. The first kappa shape index (κ1) is 28.4. The summed E-state index contributed by atoms with van der Waals surface area (Å²) < 4.78 is 5.91. The first-order valence-corrected chi connectivity index (χ1v) is 10.1. The van der Waals surface area contributed by atoms with Crippen LogP contribution in [0.1, 0.15) is 20.3 Å². The third-order valence-corrected chi connectivity index (χ3v) is 4.26. The lowest BCUT2D eigenvalue weighted by molar-refractivity contribution is -0.870. The summed E-state index contributed by atoms with van der Waals surface area (Å²) in [5, 5.41) is 25.8. The quantitative estimate of drug-likeness (QED) is 0.460. The topological polar surface area (TPSA) is 150 Å². The Bertz CT molecular complexity index is 405. The molecule has 0 bridgehead atoms. The summed E-state index contributed by atoms with van der Waals surface area (Å²) in [5.41, 5.74) is 5.33. The molecule has 10 heteroatoms. The Kier molecular flexibility index (Phi) is 15.8. The molecule has 0 heterocycles. The van der Waals surface area contributed by atoms with Crippen molar-refractivity contribution >= 4 is 28.2 Å². The highest BCUT2D eigenvalue weighted by molar-refractivity contribution is 8.29. The van der Waals surface area contributed by atoms with E-state index in [9.17, 15) is 9.59 Å². The second-order valence-corrected chi connectivity index (χ2v) is 10.1. The second kappa shape index (κ2) is 13.9. The first-order valence-electron chi connectivity index (χ1n) is 7.52. The predicted octanol–water partition coefficient (Wildman–Crippen LogP) is -1.23. The van der Waals surface area contributed by atoms with Crippen molar-refractivity contribution in [3.63, 3.8) is 0 Å². The highest BCUT2D eigenvalue weighted by Crippen LogP contribution is 2.41. The van der Waals surface area contributed by atoms with Crippen molar-refractivity contribution in [1.82, 2.24) is 0 Å². The minimum Gasteiger partial charge on any atom is -0.550 e. The number of rotatable bonds is 7. The van der Waals surface area contributed by atoms with Gasteiger partial charge in [0.2, 0.25) is 0 Å². The fourth-order valence-corrected chi connectivity index (χ4v) is 2.73. The van der Waals surface area contributed by atoms with Crippen LogP contribution in [0, 0.1) is 0 Å². The molecule has 0 aliphatic carbocycles. The summed E-state index contributed by atoms with van der Waals surface area (Å²) in [6.45, 7) is 3.43. The number of quaternary nitrogens is 1. The average Bonchev–Trinajstić information content (AvgIpc) is 2.32. The molecule has 0 aliphatic rings. The second-order valence-electron chi connectivity index (χ2n) is 6.68. The molecule has 25 heavy (non-hydrogen) atoms. The van der Waals surface area contributed by atoms with E-state index < -0.39 is 28.3 Å². The van der Waals surface area contributed by atoms with Crippen molar-refractivity contribution in [2.24, 2.45) is 5.73 Å². The van der Waals surface area contributed by atoms with Gasteiger partial charge >= 0.3 is 11.9 Å². The largest absolute Gasteiger partial charge is 0.550 e. The van der Waals surface area contributed by atoms with Gasteiger partial charge in [-0.1, -0.05) is 10.3 Å². The van der Waals surface area contributed by atoms with Gasteiger partial charge in [0.05, 0.1) is 27.7 Å². The lowest BCUT2D eigenvalue weighted by atomic mass is 10.2. The van der Waals surface area contributed by atoms with Crippen LogP contribution in [0.5, 0.6) is 0 Å². The number of likely N-dealkylation sites (N-methyl/N-ethyl adjacent to an activating group) is 1.